The predicted octanol–water partition coefficient (Wildman–Crippen LogP) is 0.279. The van der Waals surface area contributed by atoms with Gasteiger partial charge in [0.15, 0.2) is 5.84 Å². The molecule has 0 bridgehead atoms. The van der Waals surface area contributed by atoms with Gasteiger partial charge in [-0.1, -0.05) is 12.1 Å². The van der Waals surface area contributed by atoms with Gasteiger partial charge in [-0.25, -0.2) is 20.7 Å². The number of hydrazine groups is 1. The fourth-order valence-electron chi connectivity index (χ4n) is 4.59. The minimum Gasteiger partial charge on any atom is -0.382 e. The summed E-state index contributed by atoms with van der Waals surface area (Å²) in [5.74, 6) is 6.45. The third-order valence-corrected chi connectivity index (χ3v) is 6.96. The Hall–Kier alpha value is -1.52. The van der Waals surface area contributed by atoms with Gasteiger partial charge in [0.1, 0.15) is 11.0 Å². The lowest BCUT2D eigenvalue weighted by Crippen LogP contribution is -2.31. The van der Waals surface area contributed by atoms with Crippen LogP contribution in [0.1, 0.15) is 61.1 Å². The van der Waals surface area contributed by atoms with Crippen LogP contribution in [-0.4, -0.2) is 29.2 Å². The summed E-state index contributed by atoms with van der Waals surface area (Å²) >= 11 is 0. The number of hydrazone groups is 1. The van der Waals surface area contributed by atoms with E-state index in [4.69, 9.17) is 22.4 Å². The summed E-state index contributed by atoms with van der Waals surface area (Å²) in [7, 11) is -1.67. The van der Waals surface area contributed by atoms with Gasteiger partial charge in [-0.15, -0.1) is 5.10 Å². The van der Waals surface area contributed by atoms with Crippen molar-refractivity contribution in [2.24, 2.45) is 33.5 Å². The van der Waals surface area contributed by atoms with E-state index < -0.39 is 11.0 Å². The standard InChI is InChI=1S/C19H33N7OS/c20-15-4-1-13(2-5-15)16-6-3-14(11-12-7-9-24-10-8-12)18(28(23)27)17(16)19(21)25-26-22/h3,6,12-13,15,24,26H,1-2,4-5,7-11,20,22-23H2,(H2,21,25). The molecule has 1 aromatic rings. The van der Waals surface area contributed by atoms with Crippen LogP contribution in [0.25, 0.3) is 0 Å². The lowest BCUT2D eigenvalue weighted by Gasteiger charge is -2.30. The average Bonchev–Trinajstić information content (AvgIpc) is 2.69. The molecule has 1 unspecified atom stereocenters. The van der Waals surface area contributed by atoms with Gasteiger partial charge in [0.2, 0.25) is 0 Å². The van der Waals surface area contributed by atoms with Gasteiger partial charge in [0.05, 0.1) is 4.90 Å². The van der Waals surface area contributed by atoms with Crippen molar-refractivity contribution < 1.29 is 4.21 Å². The minimum absolute atomic E-state index is 0.230. The van der Waals surface area contributed by atoms with E-state index in [1.54, 1.807) is 0 Å². The lowest BCUT2D eigenvalue weighted by molar-refractivity contribution is 0.370. The third-order valence-electron chi connectivity index (χ3n) is 6.09. The second kappa shape index (κ2) is 9.80. The van der Waals surface area contributed by atoms with Crippen LogP contribution in [0.15, 0.2) is 22.1 Å². The molecule has 8 nitrogen and oxygen atoms in total. The molecule has 0 radical (unpaired) electrons. The molecule has 2 fully saturated rings. The first-order valence-corrected chi connectivity index (χ1v) is 11.3. The van der Waals surface area contributed by atoms with Crippen LogP contribution in [0.3, 0.4) is 0 Å². The molecule has 1 aromatic carbocycles. The van der Waals surface area contributed by atoms with Crippen LogP contribution in [0.2, 0.25) is 0 Å². The van der Waals surface area contributed by atoms with Crippen molar-refractivity contribution in [3.63, 3.8) is 0 Å². The third kappa shape index (κ3) is 4.90. The molecule has 1 aliphatic heterocycles. The van der Waals surface area contributed by atoms with E-state index in [0.717, 1.165) is 69.2 Å². The molecule has 0 aromatic heterocycles. The molecule has 0 amide bonds. The molecule has 1 saturated heterocycles. The molecule has 28 heavy (non-hydrogen) atoms. The van der Waals surface area contributed by atoms with E-state index in [1.807, 2.05) is 0 Å². The summed E-state index contributed by atoms with van der Waals surface area (Å²) in [6.07, 6.45) is 6.92. The largest absolute Gasteiger partial charge is 0.382 e. The van der Waals surface area contributed by atoms with Crippen LogP contribution in [0.5, 0.6) is 0 Å². The normalized spacial score (nSPS) is 25.5. The minimum atomic E-state index is -1.67. The molecular weight excluding hydrogens is 374 g/mol. The molecule has 1 heterocycles. The van der Waals surface area contributed by atoms with E-state index in [1.165, 1.54) is 0 Å². The first-order chi connectivity index (χ1) is 13.5. The highest BCUT2D eigenvalue weighted by molar-refractivity contribution is 7.82. The molecule has 1 saturated carbocycles. The number of nitrogens with zero attached hydrogens (tertiary/aromatic N) is 1. The van der Waals surface area contributed by atoms with Gasteiger partial charge in [0, 0.05) is 11.6 Å². The van der Waals surface area contributed by atoms with Gasteiger partial charge in [-0.05, 0) is 81.0 Å². The van der Waals surface area contributed by atoms with E-state index in [2.05, 4.69) is 28.1 Å². The topological polar surface area (TPSA) is 158 Å². The van der Waals surface area contributed by atoms with E-state index in [0.29, 0.717) is 22.3 Å². The quantitative estimate of drug-likeness (QED) is 0.172. The summed E-state index contributed by atoms with van der Waals surface area (Å²) in [5, 5.41) is 13.3. The van der Waals surface area contributed by atoms with E-state index in [9.17, 15) is 4.21 Å². The van der Waals surface area contributed by atoms with Crippen LogP contribution in [0.4, 0.5) is 0 Å². The summed E-state index contributed by atoms with van der Waals surface area (Å²) in [6, 6.07) is 4.44. The number of benzene rings is 1. The summed E-state index contributed by atoms with van der Waals surface area (Å²) in [6.45, 7) is 2.03. The summed E-state index contributed by atoms with van der Waals surface area (Å²) in [5.41, 5.74) is 17.3. The van der Waals surface area contributed by atoms with Crippen molar-refractivity contribution in [1.82, 2.24) is 10.9 Å². The highest BCUT2D eigenvalue weighted by Gasteiger charge is 2.28. The zero-order chi connectivity index (χ0) is 20.1. The second-order valence-corrected chi connectivity index (χ2v) is 8.95. The molecule has 9 heteroatoms. The smallest absolute Gasteiger partial charge is 0.153 e. The highest BCUT2D eigenvalue weighted by Crippen LogP contribution is 2.37. The Balaban J connectivity index is 2.03. The van der Waals surface area contributed by atoms with Gasteiger partial charge >= 0.3 is 0 Å². The number of hydrogen-bond acceptors (Lipinski definition) is 6. The molecule has 10 N–H and O–H groups in total. The first kappa shape index (κ1) is 21.2. The van der Waals surface area contributed by atoms with Gasteiger partial charge in [-0.3, -0.25) is 0 Å². The lowest BCUT2D eigenvalue weighted by atomic mass is 9.79. The Morgan fingerprint density at radius 3 is 2.46 bits per heavy atom. The zero-order valence-electron chi connectivity index (χ0n) is 16.3. The number of amidine groups is 1. The zero-order valence-corrected chi connectivity index (χ0v) is 17.1. The molecule has 1 aliphatic carbocycles. The Morgan fingerprint density at radius 1 is 1.18 bits per heavy atom. The van der Waals surface area contributed by atoms with Gasteiger partial charge in [-0.2, -0.15) is 0 Å². The highest BCUT2D eigenvalue weighted by atomic mass is 32.2. The molecular formula is C19H33N7OS. The summed E-state index contributed by atoms with van der Waals surface area (Å²) < 4.78 is 12.6. The molecule has 1 atom stereocenters. The number of nitrogens with two attached hydrogens (primary N) is 4. The van der Waals surface area contributed by atoms with E-state index >= 15 is 0 Å². The monoisotopic (exact) mass is 407 g/mol. The van der Waals surface area contributed by atoms with Crippen LogP contribution in [-0.2, 0) is 17.4 Å². The molecule has 0 spiro atoms. The number of hydrogen-bond donors (Lipinski definition) is 6. The maximum atomic E-state index is 12.6. The number of piperidine rings is 1. The maximum Gasteiger partial charge on any atom is 0.153 e. The van der Waals surface area contributed by atoms with Crippen LogP contribution >= 0.6 is 0 Å². The van der Waals surface area contributed by atoms with Gasteiger partial charge < -0.3 is 16.8 Å². The second-order valence-electron chi connectivity index (χ2n) is 7.95. The molecule has 2 aliphatic rings. The fourth-order valence-corrected chi connectivity index (χ4v) is 5.42. The van der Waals surface area contributed by atoms with Crippen molar-refractivity contribution in [3.8, 4) is 0 Å². The summed E-state index contributed by atoms with van der Waals surface area (Å²) in [4.78, 5) is 0.599. The van der Waals surface area contributed by atoms with Crippen LogP contribution < -0.4 is 33.3 Å². The van der Waals surface area contributed by atoms with Gasteiger partial charge in [0.25, 0.3) is 0 Å². The van der Waals surface area contributed by atoms with Crippen LogP contribution in [0, 0.1) is 5.92 Å². The van der Waals surface area contributed by atoms with E-state index in [-0.39, 0.29) is 11.9 Å². The van der Waals surface area contributed by atoms with Crippen molar-refractivity contribution >= 4 is 16.8 Å². The van der Waals surface area contributed by atoms with Crippen molar-refractivity contribution in [3.05, 3.63) is 28.8 Å². The number of rotatable bonds is 6. The SMILES string of the molecule is NN/N=C(\N)c1c(C2CCC(N)CC2)ccc(CC2CCNCC2)c1S(N)=O. The number of nitrogens with one attached hydrogen (secondary N) is 2. The average molecular weight is 408 g/mol. The fraction of sp³-hybridized carbons (Fsp3) is 0.632. The Bertz CT molecular complexity index is 725. The van der Waals surface area contributed by atoms with Crippen molar-refractivity contribution in [1.29, 1.82) is 0 Å². The van der Waals surface area contributed by atoms with Crippen molar-refractivity contribution in [2.75, 3.05) is 13.1 Å². The van der Waals surface area contributed by atoms with Crippen molar-refractivity contribution in [2.45, 2.75) is 61.8 Å². The Morgan fingerprint density at radius 2 is 1.86 bits per heavy atom. The first-order valence-electron chi connectivity index (χ1n) is 10.1. The maximum absolute atomic E-state index is 12.6. The Labute approximate surface area is 169 Å². The molecule has 3 rings (SSSR count). The Kier molecular flexibility index (Phi) is 7.42. The molecule has 156 valence electrons. The predicted molar refractivity (Wildman–Crippen MR) is 114 cm³/mol.